The fourth-order valence-electron chi connectivity index (χ4n) is 3.22. The first-order valence-corrected chi connectivity index (χ1v) is 6.63. The molecule has 2 heteroatoms. The van der Waals surface area contributed by atoms with E-state index in [1.807, 2.05) is 0 Å². The van der Waals surface area contributed by atoms with Crippen LogP contribution in [0.2, 0.25) is 0 Å². The molecule has 15 heavy (non-hydrogen) atoms. The summed E-state index contributed by atoms with van der Waals surface area (Å²) >= 11 is 0. The summed E-state index contributed by atoms with van der Waals surface area (Å²) in [7, 11) is 0. The molecule has 0 aromatic heterocycles. The van der Waals surface area contributed by atoms with Gasteiger partial charge in [-0.1, -0.05) is 13.8 Å². The number of rotatable bonds is 3. The van der Waals surface area contributed by atoms with E-state index in [1.165, 1.54) is 45.3 Å². The number of nitrogens with two attached hydrogens (primary N) is 1. The van der Waals surface area contributed by atoms with Gasteiger partial charge >= 0.3 is 0 Å². The fourth-order valence-corrected chi connectivity index (χ4v) is 3.22. The van der Waals surface area contributed by atoms with E-state index in [1.54, 1.807) is 0 Å². The van der Waals surface area contributed by atoms with Crippen molar-refractivity contribution in [1.29, 1.82) is 0 Å². The Labute approximate surface area is 94.2 Å². The van der Waals surface area contributed by atoms with Gasteiger partial charge < -0.3 is 10.6 Å². The molecule has 88 valence electrons. The molecule has 0 bridgehead atoms. The second-order valence-electron chi connectivity index (χ2n) is 5.99. The summed E-state index contributed by atoms with van der Waals surface area (Å²) in [6.45, 7) is 8.70. The maximum atomic E-state index is 5.96. The zero-order valence-corrected chi connectivity index (χ0v) is 10.3. The van der Waals surface area contributed by atoms with Gasteiger partial charge in [-0.05, 0) is 50.0 Å². The molecule has 2 fully saturated rings. The van der Waals surface area contributed by atoms with Gasteiger partial charge in [0.25, 0.3) is 0 Å². The van der Waals surface area contributed by atoms with Crippen molar-refractivity contribution in [3.63, 3.8) is 0 Å². The molecule has 1 saturated carbocycles. The van der Waals surface area contributed by atoms with E-state index in [2.05, 4.69) is 18.7 Å². The van der Waals surface area contributed by atoms with Gasteiger partial charge in [0.2, 0.25) is 0 Å². The van der Waals surface area contributed by atoms with Gasteiger partial charge in [0.15, 0.2) is 0 Å². The van der Waals surface area contributed by atoms with Crippen molar-refractivity contribution >= 4 is 0 Å². The molecule has 2 aliphatic rings. The number of hydrogen-bond acceptors (Lipinski definition) is 2. The van der Waals surface area contributed by atoms with Gasteiger partial charge in [-0.2, -0.15) is 0 Å². The molecule has 1 aliphatic heterocycles. The van der Waals surface area contributed by atoms with Crippen molar-refractivity contribution in [3.05, 3.63) is 0 Å². The molecule has 0 spiro atoms. The van der Waals surface area contributed by atoms with E-state index in [0.29, 0.717) is 6.04 Å². The Bertz CT molecular complexity index is 203. The lowest BCUT2D eigenvalue weighted by Gasteiger charge is -2.21. The maximum absolute atomic E-state index is 5.96. The van der Waals surface area contributed by atoms with Crippen molar-refractivity contribution in [2.75, 3.05) is 19.6 Å². The molecule has 3 atom stereocenters. The summed E-state index contributed by atoms with van der Waals surface area (Å²) in [5, 5.41) is 0. The zero-order chi connectivity index (χ0) is 10.8. The lowest BCUT2D eigenvalue weighted by Crippen LogP contribution is -2.28. The van der Waals surface area contributed by atoms with Crippen LogP contribution in [-0.2, 0) is 0 Å². The maximum Gasteiger partial charge on any atom is 0.00420 e. The Morgan fingerprint density at radius 1 is 1.27 bits per heavy atom. The standard InChI is InChI=1S/C13H26N2/c1-10(2)12-5-6-15(9-12)8-11-3-4-13(14)7-11/h10-13H,3-9,14H2,1-2H3. The van der Waals surface area contributed by atoms with Crippen LogP contribution in [0.1, 0.15) is 39.5 Å². The summed E-state index contributed by atoms with van der Waals surface area (Å²) in [5.41, 5.74) is 5.96. The lowest BCUT2D eigenvalue weighted by atomic mass is 9.95. The molecule has 2 rings (SSSR count). The summed E-state index contributed by atoms with van der Waals surface area (Å²) in [6, 6.07) is 0.499. The molecule has 3 unspecified atom stereocenters. The predicted molar refractivity (Wildman–Crippen MR) is 64.7 cm³/mol. The third-order valence-electron chi connectivity index (χ3n) is 4.35. The van der Waals surface area contributed by atoms with Crippen LogP contribution < -0.4 is 5.73 Å². The highest BCUT2D eigenvalue weighted by atomic mass is 15.1. The quantitative estimate of drug-likeness (QED) is 0.773. The Hall–Kier alpha value is -0.0800. The molecule has 2 N–H and O–H groups in total. The Balaban J connectivity index is 1.73. The monoisotopic (exact) mass is 210 g/mol. The zero-order valence-electron chi connectivity index (χ0n) is 10.3. The molecule has 0 amide bonds. The van der Waals surface area contributed by atoms with Crippen LogP contribution in [0.25, 0.3) is 0 Å². The fraction of sp³-hybridized carbons (Fsp3) is 1.00. The minimum atomic E-state index is 0.499. The minimum absolute atomic E-state index is 0.499. The van der Waals surface area contributed by atoms with Gasteiger partial charge in [0.05, 0.1) is 0 Å². The third-order valence-corrected chi connectivity index (χ3v) is 4.35. The predicted octanol–water partition coefficient (Wildman–Crippen LogP) is 2.09. The van der Waals surface area contributed by atoms with Crippen molar-refractivity contribution in [2.45, 2.75) is 45.6 Å². The molecular formula is C13H26N2. The van der Waals surface area contributed by atoms with Crippen molar-refractivity contribution in [3.8, 4) is 0 Å². The largest absolute Gasteiger partial charge is 0.328 e. The lowest BCUT2D eigenvalue weighted by molar-refractivity contribution is 0.258. The van der Waals surface area contributed by atoms with Crippen LogP contribution in [0.5, 0.6) is 0 Å². The van der Waals surface area contributed by atoms with Crippen molar-refractivity contribution < 1.29 is 0 Å². The number of likely N-dealkylation sites (tertiary alicyclic amines) is 1. The van der Waals surface area contributed by atoms with E-state index in [-0.39, 0.29) is 0 Å². The third kappa shape index (κ3) is 2.94. The van der Waals surface area contributed by atoms with Crippen molar-refractivity contribution in [2.24, 2.45) is 23.5 Å². The summed E-state index contributed by atoms with van der Waals surface area (Å²) < 4.78 is 0. The minimum Gasteiger partial charge on any atom is -0.328 e. The molecule has 1 aliphatic carbocycles. The van der Waals surface area contributed by atoms with Gasteiger partial charge in [0, 0.05) is 19.1 Å². The van der Waals surface area contributed by atoms with Crippen LogP contribution in [-0.4, -0.2) is 30.6 Å². The van der Waals surface area contributed by atoms with Crippen LogP contribution >= 0.6 is 0 Å². The molecule has 0 aromatic carbocycles. The number of hydrogen-bond donors (Lipinski definition) is 1. The van der Waals surface area contributed by atoms with Crippen LogP contribution in [0.15, 0.2) is 0 Å². The Morgan fingerprint density at radius 3 is 2.60 bits per heavy atom. The Morgan fingerprint density at radius 2 is 2.07 bits per heavy atom. The van der Waals surface area contributed by atoms with Gasteiger partial charge in [-0.15, -0.1) is 0 Å². The second-order valence-corrected chi connectivity index (χ2v) is 5.99. The van der Waals surface area contributed by atoms with E-state index in [4.69, 9.17) is 5.73 Å². The normalized spacial score (nSPS) is 38.0. The van der Waals surface area contributed by atoms with Crippen LogP contribution in [0, 0.1) is 17.8 Å². The Kier molecular flexibility index (Phi) is 3.68. The highest BCUT2D eigenvalue weighted by molar-refractivity contribution is 4.84. The first kappa shape index (κ1) is 11.4. The molecule has 0 radical (unpaired) electrons. The van der Waals surface area contributed by atoms with E-state index in [9.17, 15) is 0 Å². The second kappa shape index (κ2) is 4.84. The molecule has 2 nitrogen and oxygen atoms in total. The topological polar surface area (TPSA) is 29.3 Å². The van der Waals surface area contributed by atoms with Crippen LogP contribution in [0.4, 0.5) is 0 Å². The van der Waals surface area contributed by atoms with E-state index >= 15 is 0 Å². The first-order chi connectivity index (χ1) is 7.15. The highest BCUT2D eigenvalue weighted by Crippen LogP contribution is 2.29. The first-order valence-electron chi connectivity index (χ1n) is 6.63. The molecule has 1 heterocycles. The summed E-state index contributed by atoms with van der Waals surface area (Å²) in [4.78, 5) is 2.67. The average molecular weight is 210 g/mol. The molecule has 0 aromatic rings. The molecular weight excluding hydrogens is 184 g/mol. The van der Waals surface area contributed by atoms with E-state index < -0.39 is 0 Å². The number of nitrogens with zero attached hydrogens (tertiary/aromatic N) is 1. The van der Waals surface area contributed by atoms with Crippen molar-refractivity contribution in [1.82, 2.24) is 4.90 Å². The van der Waals surface area contributed by atoms with Crippen LogP contribution in [0.3, 0.4) is 0 Å². The molecule has 1 saturated heterocycles. The smallest absolute Gasteiger partial charge is 0.00420 e. The van der Waals surface area contributed by atoms with E-state index in [0.717, 1.165) is 17.8 Å². The highest BCUT2D eigenvalue weighted by Gasteiger charge is 2.29. The van der Waals surface area contributed by atoms with Gasteiger partial charge in [-0.3, -0.25) is 0 Å². The average Bonchev–Trinajstić information content (AvgIpc) is 2.76. The summed E-state index contributed by atoms with van der Waals surface area (Å²) in [6.07, 6.45) is 5.30. The van der Waals surface area contributed by atoms with Gasteiger partial charge in [0.1, 0.15) is 0 Å². The van der Waals surface area contributed by atoms with Gasteiger partial charge in [-0.25, -0.2) is 0 Å². The SMILES string of the molecule is CC(C)C1CCN(CC2CCC(N)C2)C1. The summed E-state index contributed by atoms with van der Waals surface area (Å²) in [5.74, 6) is 2.70.